The predicted molar refractivity (Wildman–Crippen MR) is 65.4 cm³/mol. The third kappa shape index (κ3) is 4.91. The van der Waals surface area contributed by atoms with Gasteiger partial charge in [-0.3, -0.25) is 4.79 Å². The van der Waals surface area contributed by atoms with Crippen molar-refractivity contribution >= 4 is 23.4 Å². The van der Waals surface area contributed by atoms with Crippen LogP contribution in [-0.2, 0) is 4.79 Å². The average Bonchev–Trinajstić information content (AvgIpc) is 2.36. The summed E-state index contributed by atoms with van der Waals surface area (Å²) in [7, 11) is 0. The number of ketones is 1. The maximum absolute atomic E-state index is 12.3. The Bertz CT molecular complexity index is 544. The summed E-state index contributed by atoms with van der Waals surface area (Å²) in [5, 5.41) is 18.0. The quantitative estimate of drug-likeness (QED) is 0.620. The Morgan fingerprint density at radius 2 is 1.95 bits per heavy atom. The number of aliphatic carboxylic acids is 1. The van der Waals surface area contributed by atoms with Crippen LogP contribution in [0.15, 0.2) is 18.2 Å². The van der Waals surface area contributed by atoms with E-state index in [9.17, 15) is 27.9 Å². The Morgan fingerprint density at radius 3 is 2.43 bits per heavy atom. The highest BCUT2D eigenvalue weighted by molar-refractivity contribution is 6.19. The minimum atomic E-state index is -5.10. The number of Topliss-reactive ketones (excluding diaryl/α,β-unsaturated/α-hetero) is 1. The fourth-order valence-electron chi connectivity index (χ4n) is 1.51. The number of aliphatic hydroxyl groups excluding tert-OH is 1. The van der Waals surface area contributed by atoms with Crippen LogP contribution in [0.25, 0.3) is 0 Å². The minimum Gasteiger partial charge on any atom is -0.479 e. The lowest BCUT2D eigenvalue weighted by Crippen LogP contribution is -2.20. The molecule has 0 aliphatic heterocycles. The van der Waals surface area contributed by atoms with E-state index < -0.39 is 35.5 Å². The van der Waals surface area contributed by atoms with Crippen molar-refractivity contribution in [3.63, 3.8) is 0 Å². The maximum Gasteiger partial charge on any atom is 0.573 e. The van der Waals surface area contributed by atoms with Crippen LogP contribution in [0, 0.1) is 0 Å². The van der Waals surface area contributed by atoms with Gasteiger partial charge >= 0.3 is 12.3 Å². The first-order valence-corrected chi connectivity index (χ1v) is 6.09. The monoisotopic (exact) mass is 326 g/mol. The Kier molecular flexibility index (Phi) is 5.56. The number of ether oxygens (including phenoxy) is 1. The van der Waals surface area contributed by atoms with Crippen molar-refractivity contribution in [2.24, 2.45) is 0 Å². The molecular weight excluding hydrogens is 317 g/mol. The van der Waals surface area contributed by atoms with Crippen LogP contribution in [0.4, 0.5) is 13.2 Å². The number of hydrogen-bond acceptors (Lipinski definition) is 4. The van der Waals surface area contributed by atoms with Gasteiger partial charge in [-0.1, -0.05) is 12.1 Å². The summed E-state index contributed by atoms with van der Waals surface area (Å²) in [5.41, 5.74) is -0.738. The third-order valence-corrected chi connectivity index (χ3v) is 2.60. The van der Waals surface area contributed by atoms with E-state index in [-0.39, 0.29) is 17.9 Å². The summed E-state index contributed by atoms with van der Waals surface area (Å²) in [6.07, 6.45) is -7.41. The number of carboxylic acid groups (broad SMARTS) is 1. The molecule has 116 valence electrons. The lowest BCUT2D eigenvalue weighted by molar-refractivity contribution is -0.275. The van der Waals surface area contributed by atoms with E-state index in [1.165, 1.54) is 0 Å². The fraction of sp³-hybridized carbons (Fsp3) is 0.333. The molecule has 1 unspecified atom stereocenters. The zero-order chi connectivity index (χ0) is 16.2. The van der Waals surface area contributed by atoms with Gasteiger partial charge in [0.25, 0.3) is 0 Å². The molecule has 2 N–H and O–H groups in total. The van der Waals surface area contributed by atoms with Gasteiger partial charge < -0.3 is 14.9 Å². The van der Waals surface area contributed by atoms with Gasteiger partial charge in [0.05, 0.1) is 0 Å². The standard InChI is InChI=1S/C12H10ClF3O5/c13-4-3-8(17)6-1-2-7(10(18)11(19)20)9(5-6)21-12(14,15)16/h1-2,5,10,18H,3-4H2,(H,19,20). The van der Waals surface area contributed by atoms with Gasteiger partial charge in [-0.25, -0.2) is 4.79 Å². The summed E-state index contributed by atoms with van der Waals surface area (Å²) < 4.78 is 40.6. The minimum absolute atomic E-state index is 0.0200. The molecule has 0 aromatic heterocycles. The van der Waals surface area contributed by atoms with Gasteiger partial charge in [0.15, 0.2) is 11.9 Å². The van der Waals surface area contributed by atoms with Crippen molar-refractivity contribution in [2.45, 2.75) is 18.9 Å². The molecule has 0 bridgehead atoms. The van der Waals surface area contributed by atoms with Crippen LogP contribution in [-0.4, -0.2) is 34.2 Å². The number of aliphatic hydroxyl groups is 1. The van der Waals surface area contributed by atoms with E-state index in [0.717, 1.165) is 18.2 Å². The zero-order valence-corrected chi connectivity index (χ0v) is 11.1. The Morgan fingerprint density at radius 1 is 1.33 bits per heavy atom. The van der Waals surface area contributed by atoms with Crippen LogP contribution in [0.2, 0.25) is 0 Å². The molecule has 0 heterocycles. The first kappa shape index (κ1) is 17.3. The highest BCUT2D eigenvalue weighted by atomic mass is 35.5. The zero-order valence-electron chi connectivity index (χ0n) is 10.4. The van der Waals surface area contributed by atoms with E-state index in [0.29, 0.717) is 0 Å². The Hall–Kier alpha value is -1.80. The number of carbonyl (C=O) groups excluding carboxylic acids is 1. The average molecular weight is 327 g/mol. The van der Waals surface area contributed by atoms with E-state index in [1.54, 1.807) is 0 Å². The predicted octanol–water partition coefficient (Wildman–Crippen LogP) is 2.51. The second kappa shape index (κ2) is 6.77. The number of carbonyl (C=O) groups is 2. The molecule has 0 saturated heterocycles. The van der Waals surface area contributed by atoms with Crippen molar-refractivity contribution in [3.8, 4) is 5.75 Å². The van der Waals surface area contributed by atoms with Crippen molar-refractivity contribution in [2.75, 3.05) is 5.88 Å². The highest BCUT2D eigenvalue weighted by Gasteiger charge is 2.34. The molecule has 0 aliphatic rings. The smallest absolute Gasteiger partial charge is 0.479 e. The van der Waals surface area contributed by atoms with Gasteiger partial charge in [0, 0.05) is 23.4 Å². The van der Waals surface area contributed by atoms with Gasteiger partial charge in [-0.15, -0.1) is 24.8 Å². The molecule has 0 aliphatic carbocycles. The van der Waals surface area contributed by atoms with Crippen LogP contribution in [0.1, 0.15) is 28.4 Å². The number of carboxylic acids is 1. The fourth-order valence-corrected chi connectivity index (χ4v) is 1.68. The molecule has 9 heteroatoms. The molecule has 0 amide bonds. The molecule has 0 radical (unpaired) electrons. The van der Waals surface area contributed by atoms with Crippen LogP contribution < -0.4 is 4.74 Å². The van der Waals surface area contributed by atoms with Crippen molar-refractivity contribution in [3.05, 3.63) is 29.3 Å². The number of rotatable bonds is 6. The lowest BCUT2D eigenvalue weighted by Gasteiger charge is -2.16. The Labute approximate surface area is 121 Å². The molecule has 0 spiro atoms. The summed E-state index contributed by atoms with van der Waals surface area (Å²) >= 11 is 5.37. The molecule has 1 rings (SSSR count). The van der Waals surface area contributed by atoms with E-state index in [2.05, 4.69) is 4.74 Å². The summed E-state index contributed by atoms with van der Waals surface area (Å²) in [5.74, 6) is -3.25. The molecule has 0 saturated carbocycles. The van der Waals surface area contributed by atoms with Gasteiger partial charge in [-0.05, 0) is 6.07 Å². The molecule has 21 heavy (non-hydrogen) atoms. The molecule has 5 nitrogen and oxygen atoms in total. The SMILES string of the molecule is O=C(CCCl)c1ccc(C(O)C(=O)O)c(OC(F)(F)F)c1. The summed E-state index contributed by atoms with van der Waals surface area (Å²) in [6.45, 7) is 0. The highest BCUT2D eigenvalue weighted by Crippen LogP contribution is 2.32. The topological polar surface area (TPSA) is 83.8 Å². The summed E-state index contributed by atoms with van der Waals surface area (Å²) in [4.78, 5) is 22.2. The van der Waals surface area contributed by atoms with Crippen LogP contribution in [0.5, 0.6) is 5.75 Å². The van der Waals surface area contributed by atoms with E-state index in [1.807, 2.05) is 0 Å². The lowest BCUT2D eigenvalue weighted by atomic mass is 10.0. The van der Waals surface area contributed by atoms with E-state index in [4.69, 9.17) is 16.7 Å². The molecule has 1 atom stereocenters. The van der Waals surface area contributed by atoms with Crippen LogP contribution >= 0.6 is 11.6 Å². The largest absolute Gasteiger partial charge is 0.573 e. The number of hydrogen-bond donors (Lipinski definition) is 2. The third-order valence-electron chi connectivity index (χ3n) is 2.41. The normalized spacial score (nSPS) is 12.8. The first-order valence-electron chi connectivity index (χ1n) is 5.55. The number of halogens is 4. The maximum atomic E-state index is 12.3. The number of benzene rings is 1. The van der Waals surface area contributed by atoms with Crippen molar-refractivity contribution in [1.82, 2.24) is 0 Å². The summed E-state index contributed by atoms with van der Waals surface area (Å²) in [6, 6.07) is 2.71. The second-order valence-corrected chi connectivity index (χ2v) is 4.28. The molecule has 0 fully saturated rings. The van der Waals surface area contributed by atoms with Gasteiger partial charge in [-0.2, -0.15) is 0 Å². The molecular formula is C12H10ClF3O5. The van der Waals surface area contributed by atoms with Crippen molar-refractivity contribution < 1.29 is 37.7 Å². The Balaban J connectivity index is 3.26. The molecule has 1 aromatic carbocycles. The number of alkyl halides is 4. The van der Waals surface area contributed by atoms with Gasteiger partial charge in [0.2, 0.25) is 0 Å². The first-order chi connectivity index (χ1) is 9.65. The van der Waals surface area contributed by atoms with E-state index >= 15 is 0 Å². The molecule has 1 aromatic rings. The van der Waals surface area contributed by atoms with Gasteiger partial charge in [0.1, 0.15) is 5.75 Å². The van der Waals surface area contributed by atoms with Crippen molar-refractivity contribution in [1.29, 1.82) is 0 Å². The van der Waals surface area contributed by atoms with Crippen LogP contribution in [0.3, 0.4) is 0 Å². The second-order valence-electron chi connectivity index (χ2n) is 3.90.